The van der Waals surface area contributed by atoms with Gasteiger partial charge in [0.1, 0.15) is 0 Å². The molecule has 2 heterocycles. The van der Waals surface area contributed by atoms with E-state index < -0.39 is 0 Å². The first-order valence-corrected chi connectivity index (χ1v) is 11.6. The predicted octanol–water partition coefficient (Wildman–Crippen LogP) is 5.09. The Hall–Kier alpha value is -2.13. The van der Waals surface area contributed by atoms with Crippen molar-refractivity contribution in [2.24, 2.45) is 5.92 Å². The number of rotatable bonds is 4. The van der Waals surface area contributed by atoms with Crippen LogP contribution < -0.4 is 0 Å². The third-order valence-electron chi connectivity index (χ3n) is 7.27. The summed E-state index contributed by atoms with van der Waals surface area (Å²) in [5, 5.41) is 0. The highest BCUT2D eigenvalue weighted by atomic mass is 16.2. The fourth-order valence-electron chi connectivity index (χ4n) is 5.37. The molecule has 1 saturated heterocycles. The molecule has 1 amide bonds. The Labute approximate surface area is 182 Å². The van der Waals surface area contributed by atoms with Gasteiger partial charge >= 0.3 is 0 Å². The summed E-state index contributed by atoms with van der Waals surface area (Å²) in [6.07, 6.45) is 3.34. The van der Waals surface area contributed by atoms with Gasteiger partial charge in [0, 0.05) is 31.0 Å². The molecule has 0 aromatic heterocycles. The van der Waals surface area contributed by atoms with Crippen LogP contribution in [0.25, 0.3) is 0 Å². The third-order valence-corrected chi connectivity index (χ3v) is 7.27. The molecular formula is C27H36N2O. The molecule has 30 heavy (non-hydrogen) atoms. The predicted molar refractivity (Wildman–Crippen MR) is 123 cm³/mol. The second-order valence-electron chi connectivity index (χ2n) is 9.68. The van der Waals surface area contributed by atoms with E-state index in [0.717, 1.165) is 52.0 Å². The summed E-state index contributed by atoms with van der Waals surface area (Å²) in [7, 11) is 0. The van der Waals surface area contributed by atoms with Crippen LogP contribution in [0.2, 0.25) is 0 Å². The molecule has 160 valence electrons. The molecule has 0 saturated carbocycles. The Morgan fingerprint density at radius 1 is 1.10 bits per heavy atom. The second-order valence-corrected chi connectivity index (χ2v) is 9.68. The van der Waals surface area contributed by atoms with Crippen molar-refractivity contribution in [1.29, 1.82) is 0 Å². The van der Waals surface area contributed by atoms with Gasteiger partial charge in [-0.05, 0) is 67.1 Å². The summed E-state index contributed by atoms with van der Waals surface area (Å²) in [5.74, 6) is 0.347. The van der Waals surface area contributed by atoms with Crippen LogP contribution >= 0.6 is 0 Å². The minimum atomic E-state index is 0.0569. The van der Waals surface area contributed by atoms with E-state index in [-0.39, 0.29) is 17.2 Å². The van der Waals surface area contributed by atoms with Crippen molar-refractivity contribution in [2.75, 3.05) is 19.6 Å². The van der Waals surface area contributed by atoms with Crippen molar-refractivity contribution in [3.05, 3.63) is 70.3 Å². The van der Waals surface area contributed by atoms with Crippen LogP contribution in [0.5, 0.6) is 0 Å². The highest BCUT2D eigenvalue weighted by Crippen LogP contribution is 2.42. The number of aryl methyl sites for hydroxylation is 2. The number of benzene rings is 2. The Morgan fingerprint density at radius 2 is 1.83 bits per heavy atom. The molecule has 0 N–H and O–H groups in total. The molecule has 0 radical (unpaired) electrons. The van der Waals surface area contributed by atoms with Gasteiger partial charge in [0.05, 0.1) is 0 Å². The number of likely N-dealkylation sites (tertiary alicyclic amines) is 1. The lowest BCUT2D eigenvalue weighted by molar-refractivity contribution is -0.137. The fraction of sp³-hybridized carbons (Fsp3) is 0.519. The highest BCUT2D eigenvalue weighted by Gasteiger charge is 2.43. The Kier molecular flexibility index (Phi) is 6.02. The van der Waals surface area contributed by atoms with Crippen molar-refractivity contribution in [3.8, 4) is 0 Å². The van der Waals surface area contributed by atoms with Gasteiger partial charge in [-0.2, -0.15) is 0 Å². The third kappa shape index (κ3) is 4.05. The topological polar surface area (TPSA) is 23.6 Å². The first-order chi connectivity index (χ1) is 14.4. The first kappa shape index (κ1) is 21.1. The van der Waals surface area contributed by atoms with E-state index in [0.29, 0.717) is 0 Å². The maximum Gasteiger partial charge on any atom is 0.225 e. The average molecular weight is 405 g/mol. The maximum absolute atomic E-state index is 12.8. The normalized spacial score (nSPS) is 18.6. The molecule has 2 aromatic rings. The fourth-order valence-corrected chi connectivity index (χ4v) is 5.37. The van der Waals surface area contributed by atoms with Crippen molar-refractivity contribution < 1.29 is 4.79 Å². The molecule has 3 heteroatoms. The zero-order valence-corrected chi connectivity index (χ0v) is 19.1. The lowest BCUT2D eigenvalue weighted by Crippen LogP contribution is -2.53. The SMILES string of the molecule is CCc1ccc(CN2CCC3(CC2)CN(C(=O)C(C)C)Cc2ccccc23)c(C)c1. The van der Waals surface area contributed by atoms with E-state index in [1.54, 1.807) is 0 Å². The van der Waals surface area contributed by atoms with Gasteiger partial charge in [0.25, 0.3) is 0 Å². The number of hydrogen-bond donors (Lipinski definition) is 0. The zero-order chi connectivity index (χ0) is 21.3. The summed E-state index contributed by atoms with van der Waals surface area (Å²) < 4.78 is 0. The van der Waals surface area contributed by atoms with E-state index in [1.165, 1.54) is 27.8 Å². The molecule has 4 rings (SSSR count). The Bertz CT molecular complexity index is 909. The first-order valence-electron chi connectivity index (χ1n) is 11.6. The lowest BCUT2D eigenvalue weighted by atomic mass is 9.68. The van der Waals surface area contributed by atoms with Gasteiger partial charge < -0.3 is 4.90 Å². The average Bonchev–Trinajstić information content (AvgIpc) is 2.76. The van der Waals surface area contributed by atoms with Crippen LogP contribution in [0.15, 0.2) is 42.5 Å². The largest absolute Gasteiger partial charge is 0.337 e. The summed E-state index contributed by atoms with van der Waals surface area (Å²) in [4.78, 5) is 17.6. The molecule has 0 atom stereocenters. The van der Waals surface area contributed by atoms with E-state index in [9.17, 15) is 4.79 Å². The van der Waals surface area contributed by atoms with Gasteiger partial charge in [-0.25, -0.2) is 0 Å². The van der Waals surface area contributed by atoms with Crippen molar-refractivity contribution in [3.63, 3.8) is 0 Å². The molecule has 2 aliphatic rings. The van der Waals surface area contributed by atoms with Crippen LogP contribution in [0, 0.1) is 12.8 Å². The smallest absolute Gasteiger partial charge is 0.225 e. The highest BCUT2D eigenvalue weighted by molar-refractivity contribution is 5.78. The number of carbonyl (C=O) groups excluding carboxylic acids is 1. The molecule has 2 aromatic carbocycles. The van der Waals surface area contributed by atoms with Gasteiger partial charge in [-0.1, -0.05) is 63.2 Å². The van der Waals surface area contributed by atoms with E-state index in [4.69, 9.17) is 0 Å². The van der Waals surface area contributed by atoms with Gasteiger partial charge in [-0.3, -0.25) is 9.69 Å². The molecule has 1 fully saturated rings. The molecule has 3 nitrogen and oxygen atoms in total. The Morgan fingerprint density at radius 3 is 2.50 bits per heavy atom. The quantitative estimate of drug-likeness (QED) is 0.709. The summed E-state index contributed by atoms with van der Waals surface area (Å²) in [6, 6.07) is 15.8. The minimum Gasteiger partial charge on any atom is -0.337 e. The summed E-state index contributed by atoms with van der Waals surface area (Å²) >= 11 is 0. The standard InChI is InChI=1S/C27H36N2O/c1-5-22-10-11-23(21(4)16-22)17-28-14-12-27(13-15-28)19-29(26(30)20(2)3)18-24-8-6-7-9-25(24)27/h6-11,16,20H,5,12-15,17-19H2,1-4H3. The Balaban J connectivity index is 1.51. The van der Waals surface area contributed by atoms with Crippen molar-refractivity contribution in [2.45, 2.75) is 65.5 Å². The number of carbonyl (C=O) groups is 1. The van der Waals surface area contributed by atoms with Crippen molar-refractivity contribution >= 4 is 5.91 Å². The number of nitrogens with zero attached hydrogens (tertiary/aromatic N) is 2. The molecule has 0 unspecified atom stereocenters. The minimum absolute atomic E-state index is 0.0569. The number of piperidine rings is 1. The summed E-state index contributed by atoms with van der Waals surface area (Å²) in [5.41, 5.74) is 7.22. The molecule has 0 bridgehead atoms. The van der Waals surface area contributed by atoms with Crippen molar-refractivity contribution in [1.82, 2.24) is 9.80 Å². The molecular weight excluding hydrogens is 368 g/mol. The molecule has 0 aliphatic carbocycles. The van der Waals surface area contributed by atoms with Crippen LogP contribution in [0.4, 0.5) is 0 Å². The second kappa shape index (κ2) is 8.55. The monoisotopic (exact) mass is 404 g/mol. The number of amides is 1. The van der Waals surface area contributed by atoms with Crippen LogP contribution in [0.1, 0.15) is 61.4 Å². The number of hydrogen-bond acceptors (Lipinski definition) is 2. The van der Waals surface area contributed by atoms with Crippen LogP contribution in [0.3, 0.4) is 0 Å². The van der Waals surface area contributed by atoms with E-state index in [1.807, 2.05) is 13.8 Å². The zero-order valence-electron chi connectivity index (χ0n) is 19.1. The molecule has 1 spiro atoms. The van der Waals surface area contributed by atoms with Crippen LogP contribution in [-0.4, -0.2) is 35.3 Å². The number of fused-ring (bicyclic) bond motifs is 2. The van der Waals surface area contributed by atoms with Gasteiger partial charge in [-0.15, -0.1) is 0 Å². The van der Waals surface area contributed by atoms with Gasteiger partial charge in [0.2, 0.25) is 5.91 Å². The van der Waals surface area contributed by atoms with Crippen LogP contribution in [-0.2, 0) is 29.7 Å². The maximum atomic E-state index is 12.8. The van der Waals surface area contributed by atoms with Gasteiger partial charge in [0.15, 0.2) is 0 Å². The molecule has 2 aliphatic heterocycles. The lowest BCUT2D eigenvalue weighted by Gasteiger charge is -2.49. The van der Waals surface area contributed by atoms with E-state index >= 15 is 0 Å². The summed E-state index contributed by atoms with van der Waals surface area (Å²) in [6.45, 7) is 13.3. The van der Waals surface area contributed by atoms with E-state index in [2.05, 4.69) is 66.1 Å².